The van der Waals surface area contributed by atoms with Crippen LogP contribution in [0.4, 0.5) is 8.78 Å². The molecule has 3 nitrogen and oxygen atoms in total. The van der Waals surface area contributed by atoms with Crippen molar-refractivity contribution < 1.29 is 13.6 Å². The third-order valence-corrected chi connectivity index (χ3v) is 2.59. The Bertz CT molecular complexity index is 382. The second kappa shape index (κ2) is 4.16. The quantitative estimate of drug-likeness (QED) is 0.850. The standard InChI is InChI=1S/C8H7F2IN2O/c1-3-5(8(12)14)4(11)2-13-6(3)7(9)10/h2,7H,1H3,(H2,12,14). The Balaban J connectivity index is 3.41. The van der Waals surface area contributed by atoms with Crippen LogP contribution in [-0.2, 0) is 0 Å². The first-order chi connectivity index (χ1) is 6.45. The average molecular weight is 312 g/mol. The highest BCUT2D eigenvalue weighted by atomic mass is 127. The third-order valence-electron chi connectivity index (χ3n) is 1.77. The minimum atomic E-state index is -2.69. The molecule has 0 saturated heterocycles. The number of carbonyl (C=O) groups is 1. The van der Waals surface area contributed by atoms with Gasteiger partial charge in [0.15, 0.2) is 0 Å². The average Bonchev–Trinajstić information content (AvgIpc) is 2.02. The van der Waals surface area contributed by atoms with Crippen LogP contribution in [0.25, 0.3) is 0 Å². The molecule has 0 aromatic carbocycles. The van der Waals surface area contributed by atoms with Crippen LogP contribution in [0.15, 0.2) is 6.20 Å². The van der Waals surface area contributed by atoms with Crippen molar-refractivity contribution in [3.8, 4) is 0 Å². The summed E-state index contributed by atoms with van der Waals surface area (Å²) in [6.07, 6.45) is -1.47. The molecule has 0 spiro atoms. The van der Waals surface area contributed by atoms with Gasteiger partial charge in [0.2, 0.25) is 5.91 Å². The number of pyridine rings is 1. The van der Waals surface area contributed by atoms with Crippen molar-refractivity contribution in [1.82, 2.24) is 4.98 Å². The molecular weight excluding hydrogens is 305 g/mol. The SMILES string of the molecule is Cc1c(C(F)F)ncc(I)c1C(N)=O. The Hall–Kier alpha value is -0.790. The van der Waals surface area contributed by atoms with E-state index in [9.17, 15) is 13.6 Å². The molecule has 1 rings (SSSR count). The van der Waals surface area contributed by atoms with E-state index >= 15 is 0 Å². The summed E-state index contributed by atoms with van der Waals surface area (Å²) in [5, 5.41) is 0. The van der Waals surface area contributed by atoms with E-state index in [0.717, 1.165) is 0 Å². The van der Waals surface area contributed by atoms with Crippen LogP contribution in [0.3, 0.4) is 0 Å². The molecule has 0 radical (unpaired) electrons. The lowest BCUT2D eigenvalue weighted by Gasteiger charge is -2.08. The van der Waals surface area contributed by atoms with Gasteiger partial charge in [0, 0.05) is 9.77 Å². The monoisotopic (exact) mass is 312 g/mol. The van der Waals surface area contributed by atoms with Gasteiger partial charge in [0.25, 0.3) is 6.43 Å². The molecule has 1 aromatic rings. The van der Waals surface area contributed by atoms with Crippen molar-refractivity contribution >= 4 is 28.5 Å². The summed E-state index contributed by atoms with van der Waals surface area (Å²) in [6, 6.07) is 0. The molecule has 0 aliphatic carbocycles. The molecule has 14 heavy (non-hydrogen) atoms. The number of hydrogen-bond donors (Lipinski definition) is 1. The van der Waals surface area contributed by atoms with Crippen molar-refractivity contribution in [2.75, 3.05) is 0 Å². The number of alkyl halides is 2. The molecule has 0 saturated carbocycles. The Kier molecular flexibility index (Phi) is 3.35. The van der Waals surface area contributed by atoms with E-state index in [4.69, 9.17) is 5.73 Å². The third kappa shape index (κ3) is 1.99. The largest absolute Gasteiger partial charge is 0.366 e. The predicted molar refractivity (Wildman–Crippen MR) is 55.2 cm³/mol. The highest BCUT2D eigenvalue weighted by Gasteiger charge is 2.19. The second-order valence-corrected chi connectivity index (χ2v) is 3.82. The molecule has 1 aromatic heterocycles. The minimum Gasteiger partial charge on any atom is -0.366 e. The maximum Gasteiger partial charge on any atom is 0.280 e. The number of hydrogen-bond acceptors (Lipinski definition) is 2. The fourth-order valence-electron chi connectivity index (χ4n) is 1.12. The van der Waals surface area contributed by atoms with Crippen LogP contribution in [-0.4, -0.2) is 10.9 Å². The highest BCUT2D eigenvalue weighted by molar-refractivity contribution is 14.1. The van der Waals surface area contributed by atoms with E-state index in [-0.39, 0.29) is 16.8 Å². The zero-order valence-corrected chi connectivity index (χ0v) is 9.38. The van der Waals surface area contributed by atoms with Crippen LogP contribution in [0.1, 0.15) is 28.0 Å². The van der Waals surface area contributed by atoms with Crippen LogP contribution in [0, 0.1) is 10.5 Å². The Morgan fingerprint density at radius 1 is 1.64 bits per heavy atom. The first-order valence-electron chi connectivity index (χ1n) is 3.68. The van der Waals surface area contributed by atoms with E-state index in [2.05, 4.69) is 4.98 Å². The van der Waals surface area contributed by atoms with Gasteiger partial charge in [-0.15, -0.1) is 0 Å². The first-order valence-corrected chi connectivity index (χ1v) is 4.76. The number of primary amides is 1. The molecule has 76 valence electrons. The van der Waals surface area contributed by atoms with Crippen molar-refractivity contribution in [3.05, 3.63) is 26.6 Å². The van der Waals surface area contributed by atoms with Crippen molar-refractivity contribution in [2.24, 2.45) is 5.73 Å². The van der Waals surface area contributed by atoms with E-state index < -0.39 is 12.3 Å². The van der Waals surface area contributed by atoms with Crippen LogP contribution >= 0.6 is 22.6 Å². The molecule has 1 amide bonds. The van der Waals surface area contributed by atoms with E-state index in [1.54, 1.807) is 0 Å². The molecule has 0 fully saturated rings. The minimum absolute atomic E-state index is 0.121. The molecular formula is C8H7F2IN2O. The fourth-order valence-corrected chi connectivity index (χ4v) is 1.93. The highest BCUT2D eigenvalue weighted by Crippen LogP contribution is 2.25. The van der Waals surface area contributed by atoms with Gasteiger partial charge in [0.1, 0.15) is 5.69 Å². The molecule has 0 bridgehead atoms. The van der Waals surface area contributed by atoms with E-state index in [0.29, 0.717) is 3.57 Å². The summed E-state index contributed by atoms with van der Waals surface area (Å²) in [4.78, 5) is 14.5. The number of rotatable bonds is 2. The summed E-state index contributed by atoms with van der Waals surface area (Å²) >= 11 is 1.83. The number of amides is 1. The Labute approximate surface area is 92.8 Å². The molecule has 0 atom stereocenters. The number of nitrogens with zero attached hydrogens (tertiary/aromatic N) is 1. The van der Waals surface area contributed by atoms with Gasteiger partial charge in [-0.2, -0.15) is 0 Å². The first kappa shape index (κ1) is 11.3. The lowest BCUT2D eigenvalue weighted by Crippen LogP contribution is -2.16. The second-order valence-electron chi connectivity index (χ2n) is 2.66. The lowest BCUT2D eigenvalue weighted by molar-refractivity contribution is 0.0997. The maximum absolute atomic E-state index is 12.4. The summed E-state index contributed by atoms with van der Waals surface area (Å²) in [5.41, 5.74) is 4.95. The van der Waals surface area contributed by atoms with Gasteiger partial charge in [-0.3, -0.25) is 9.78 Å². The zero-order valence-electron chi connectivity index (χ0n) is 7.22. The molecule has 0 aliphatic rings. The summed E-state index contributed by atoms with van der Waals surface area (Å²) < 4.78 is 25.3. The number of nitrogens with two attached hydrogens (primary N) is 1. The summed E-state index contributed by atoms with van der Waals surface area (Å²) in [6.45, 7) is 1.41. The number of halogens is 3. The predicted octanol–water partition coefficient (Wildman–Crippen LogP) is 2.03. The normalized spacial score (nSPS) is 10.6. The van der Waals surface area contributed by atoms with Crippen molar-refractivity contribution in [1.29, 1.82) is 0 Å². The topological polar surface area (TPSA) is 56.0 Å². The molecule has 0 aliphatic heterocycles. The van der Waals surface area contributed by atoms with E-state index in [1.165, 1.54) is 13.1 Å². The smallest absolute Gasteiger partial charge is 0.280 e. The van der Waals surface area contributed by atoms with Gasteiger partial charge in [-0.1, -0.05) is 0 Å². The van der Waals surface area contributed by atoms with Gasteiger partial charge in [-0.05, 0) is 35.1 Å². The van der Waals surface area contributed by atoms with Crippen LogP contribution < -0.4 is 5.73 Å². The number of carbonyl (C=O) groups excluding carboxylic acids is 1. The summed E-state index contributed by atoms with van der Waals surface area (Å²) in [5.74, 6) is -0.712. The van der Waals surface area contributed by atoms with Gasteiger partial charge >= 0.3 is 0 Å². The molecule has 6 heteroatoms. The Morgan fingerprint density at radius 2 is 2.21 bits per heavy atom. The van der Waals surface area contributed by atoms with Gasteiger partial charge in [-0.25, -0.2) is 8.78 Å². The van der Waals surface area contributed by atoms with Crippen LogP contribution in [0.5, 0.6) is 0 Å². The molecule has 2 N–H and O–H groups in total. The number of aromatic nitrogens is 1. The molecule has 1 heterocycles. The maximum atomic E-state index is 12.4. The summed E-state index contributed by atoms with van der Waals surface area (Å²) in [7, 11) is 0. The van der Waals surface area contributed by atoms with Crippen LogP contribution in [0.2, 0.25) is 0 Å². The lowest BCUT2D eigenvalue weighted by atomic mass is 10.1. The van der Waals surface area contributed by atoms with Gasteiger partial charge < -0.3 is 5.73 Å². The Morgan fingerprint density at radius 3 is 2.64 bits per heavy atom. The van der Waals surface area contributed by atoms with E-state index in [1.807, 2.05) is 22.6 Å². The zero-order chi connectivity index (χ0) is 10.9. The van der Waals surface area contributed by atoms with Crippen molar-refractivity contribution in [3.63, 3.8) is 0 Å². The molecule has 0 unspecified atom stereocenters. The van der Waals surface area contributed by atoms with Crippen molar-refractivity contribution in [2.45, 2.75) is 13.3 Å². The fraction of sp³-hybridized carbons (Fsp3) is 0.250. The van der Waals surface area contributed by atoms with Gasteiger partial charge in [0.05, 0.1) is 5.56 Å².